The smallest absolute Gasteiger partial charge is 0.128 e. The van der Waals surface area contributed by atoms with Gasteiger partial charge in [-0.2, -0.15) is 0 Å². The van der Waals surface area contributed by atoms with Crippen LogP contribution in [0.3, 0.4) is 0 Å². The van der Waals surface area contributed by atoms with Crippen LogP contribution in [0, 0.1) is 11.2 Å². The summed E-state index contributed by atoms with van der Waals surface area (Å²) in [7, 11) is 1.80. The third kappa shape index (κ3) is 5.98. The average molecular weight is 440 g/mol. The minimum absolute atomic E-state index is 0.0948. The maximum Gasteiger partial charge on any atom is 0.128 e. The van der Waals surface area contributed by atoms with Crippen LogP contribution in [0.5, 0.6) is 0 Å². The van der Waals surface area contributed by atoms with E-state index in [2.05, 4.69) is 83.0 Å². The van der Waals surface area contributed by atoms with E-state index < -0.39 is 0 Å². The molecule has 0 radical (unpaired) electrons. The fraction of sp³-hybridized carbons (Fsp3) is 0.536. The number of benzene rings is 2. The summed E-state index contributed by atoms with van der Waals surface area (Å²) in [4.78, 5) is 4.55. The lowest BCUT2D eigenvalue weighted by molar-refractivity contribution is 0.205. The molecule has 0 saturated carbocycles. The minimum atomic E-state index is -0.215. The first kappa shape index (κ1) is 26.1. The van der Waals surface area contributed by atoms with E-state index in [1.807, 2.05) is 12.1 Å². The molecule has 0 unspecified atom stereocenters. The zero-order valence-electron chi connectivity index (χ0n) is 21.2. The highest BCUT2D eigenvalue weighted by Crippen LogP contribution is 2.44. The molecular formula is C28H42FN3. The minimum Gasteiger partial charge on any atom is -0.367 e. The molecule has 32 heavy (non-hydrogen) atoms. The molecule has 0 saturated heterocycles. The standard InChI is InChI=1S/C28H42FN3/c1-26(2,3)20-13-15-21(16-14-20)28(6,7)27(4,5)19-25(31-8)32-24(17-18-30)22-11-9-10-12-23(22)29/h9-16,24H,17-19,30H2,1-8H3,(H,31,32)/t24-/m0/s1. The molecule has 0 fully saturated rings. The highest BCUT2D eigenvalue weighted by atomic mass is 19.1. The Kier molecular flexibility index (Phi) is 8.27. The molecule has 2 rings (SSSR count). The molecule has 0 aromatic heterocycles. The Bertz CT molecular complexity index is 905. The van der Waals surface area contributed by atoms with Gasteiger partial charge in [0.05, 0.1) is 11.9 Å². The highest BCUT2D eigenvalue weighted by molar-refractivity contribution is 5.83. The molecule has 0 amide bonds. The van der Waals surface area contributed by atoms with Crippen LogP contribution in [0.2, 0.25) is 0 Å². The highest BCUT2D eigenvalue weighted by Gasteiger charge is 2.39. The molecule has 0 heterocycles. The Hall–Kier alpha value is -2.20. The molecule has 2 aromatic rings. The Morgan fingerprint density at radius 1 is 0.938 bits per heavy atom. The van der Waals surface area contributed by atoms with Crippen molar-refractivity contribution in [2.24, 2.45) is 16.1 Å². The van der Waals surface area contributed by atoms with Crippen LogP contribution in [0.25, 0.3) is 0 Å². The first-order valence-electron chi connectivity index (χ1n) is 11.6. The number of rotatable bonds is 8. The topological polar surface area (TPSA) is 50.4 Å². The van der Waals surface area contributed by atoms with Gasteiger partial charge in [0.15, 0.2) is 0 Å². The predicted octanol–water partition coefficient (Wildman–Crippen LogP) is 6.53. The lowest BCUT2D eigenvalue weighted by Gasteiger charge is -2.43. The maximum atomic E-state index is 14.5. The second-order valence-corrected chi connectivity index (χ2v) is 11.0. The fourth-order valence-corrected chi connectivity index (χ4v) is 4.04. The summed E-state index contributed by atoms with van der Waals surface area (Å²) < 4.78 is 14.5. The number of nitrogens with one attached hydrogen (secondary N) is 1. The predicted molar refractivity (Wildman–Crippen MR) is 136 cm³/mol. The largest absolute Gasteiger partial charge is 0.367 e. The molecule has 0 aliphatic heterocycles. The maximum absolute atomic E-state index is 14.5. The Morgan fingerprint density at radius 2 is 1.50 bits per heavy atom. The molecule has 0 spiro atoms. The first-order chi connectivity index (χ1) is 14.8. The molecule has 4 heteroatoms. The van der Waals surface area contributed by atoms with Gasteiger partial charge in [-0.05, 0) is 46.4 Å². The van der Waals surface area contributed by atoms with Crippen LogP contribution >= 0.6 is 0 Å². The van der Waals surface area contributed by atoms with Crippen LogP contribution in [0.15, 0.2) is 53.5 Å². The number of nitrogens with two attached hydrogens (primary N) is 1. The van der Waals surface area contributed by atoms with Gasteiger partial charge in [-0.1, -0.05) is 90.9 Å². The van der Waals surface area contributed by atoms with E-state index in [-0.39, 0.29) is 28.1 Å². The van der Waals surface area contributed by atoms with Gasteiger partial charge in [0, 0.05) is 19.0 Å². The van der Waals surface area contributed by atoms with Gasteiger partial charge in [-0.3, -0.25) is 4.99 Å². The summed E-state index contributed by atoms with van der Waals surface area (Å²) in [5, 5.41) is 3.50. The SMILES string of the molecule is CN=C(CC(C)(C)C(C)(C)c1ccc(C(C)(C)C)cc1)N[C@@H](CCN)c1ccccc1F. The molecule has 2 aromatic carbocycles. The van der Waals surface area contributed by atoms with Crippen molar-refractivity contribution < 1.29 is 4.39 Å². The monoisotopic (exact) mass is 439 g/mol. The number of amidine groups is 1. The molecule has 176 valence electrons. The Balaban J connectivity index is 2.26. The van der Waals surface area contributed by atoms with E-state index in [1.54, 1.807) is 13.1 Å². The van der Waals surface area contributed by atoms with Gasteiger partial charge in [-0.15, -0.1) is 0 Å². The zero-order valence-corrected chi connectivity index (χ0v) is 21.2. The molecule has 0 aliphatic rings. The number of hydrogen-bond donors (Lipinski definition) is 2. The van der Waals surface area contributed by atoms with Crippen LogP contribution in [-0.2, 0) is 10.8 Å². The van der Waals surface area contributed by atoms with Gasteiger partial charge in [-0.25, -0.2) is 4.39 Å². The lowest BCUT2D eigenvalue weighted by Crippen LogP contribution is -2.42. The molecule has 3 nitrogen and oxygen atoms in total. The van der Waals surface area contributed by atoms with E-state index in [1.165, 1.54) is 17.2 Å². The number of aliphatic imine (C=N–C) groups is 1. The van der Waals surface area contributed by atoms with Crippen molar-refractivity contribution in [3.8, 4) is 0 Å². The number of halogens is 1. The second kappa shape index (κ2) is 10.2. The van der Waals surface area contributed by atoms with Crippen molar-refractivity contribution in [2.75, 3.05) is 13.6 Å². The first-order valence-corrected chi connectivity index (χ1v) is 11.6. The summed E-state index contributed by atoms with van der Waals surface area (Å²) in [6, 6.07) is 15.7. The molecule has 1 atom stereocenters. The fourth-order valence-electron chi connectivity index (χ4n) is 4.04. The molecular weight excluding hydrogens is 397 g/mol. The van der Waals surface area contributed by atoms with E-state index in [0.717, 1.165) is 12.3 Å². The van der Waals surface area contributed by atoms with E-state index in [9.17, 15) is 4.39 Å². The van der Waals surface area contributed by atoms with Gasteiger partial charge >= 0.3 is 0 Å². The van der Waals surface area contributed by atoms with Crippen molar-refractivity contribution in [1.82, 2.24) is 5.32 Å². The molecule has 3 N–H and O–H groups in total. The van der Waals surface area contributed by atoms with E-state index in [0.29, 0.717) is 18.5 Å². The number of nitrogens with zero attached hydrogens (tertiary/aromatic N) is 1. The van der Waals surface area contributed by atoms with Crippen molar-refractivity contribution in [2.45, 2.75) is 78.2 Å². The molecule has 0 aliphatic carbocycles. The lowest BCUT2D eigenvalue weighted by atomic mass is 9.62. The quantitative estimate of drug-likeness (QED) is 0.363. The summed E-state index contributed by atoms with van der Waals surface area (Å²) >= 11 is 0. The zero-order chi connectivity index (χ0) is 24.2. The van der Waals surface area contributed by atoms with Crippen molar-refractivity contribution in [1.29, 1.82) is 0 Å². The third-order valence-electron chi connectivity index (χ3n) is 7.12. The summed E-state index contributed by atoms with van der Waals surface area (Å²) in [6.45, 7) is 16.3. The van der Waals surface area contributed by atoms with Crippen molar-refractivity contribution in [3.63, 3.8) is 0 Å². The number of hydrogen-bond acceptors (Lipinski definition) is 2. The van der Waals surface area contributed by atoms with E-state index >= 15 is 0 Å². The van der Waals surface area contributed by atoms with Crippen LogP contribution in [0.1, 0.15) is 84.0 Å². The van der Waals surface area contributed by atoms with Gasteiger partial charge in [0.25, 0.3) is 0 Å². The van der Waals surface area contributed by atoms with Crippen molar-refractivity contribution >= 4 is 5.84 Å². The normalized spacial score (nSPS) is 14.4. The van der Waals surface area contributed by atoms with Gasteiger partial charge < -0.3 is 11.1 Å². The summed E-state index contributed by atoms with van der Waals surface area (Å²) in [6.07, 6.45) is 1.38. The van der Waals surface area contributed by atoms with Crippen LogP contribution in [0.4, 0.5) is 4.39 Å². The Labute approximate surface area is 194 Å². The summed E-state index contributed by atoms with van der Waals surface area (Å²) in [5.74, 6) is 0.656. The Morgan fingerprint density at radius 3 is 2.00 bits per heavy atom. The van der Waals surface area contributed by atoms with Crippen LogP contribution < -0.4 is 11.1 Å². The van der Waals surface area contributed by atoms with Crippen LogP contribution in [-0.4, -0.2) is 19.4 Å². The van der Waals surface area contributed by atoms with E-state index in [4.69, 9.17) is 5.73 Å². The summed E-state index contributed by atoms with van der Waals surface area (Å²) in [5.41, 5.74) is 9.06. The van der Waals surface area contributed by atoms with Gasteiger partial charge in [0.2, 0.25) is 0 Å². The third-order valence-corrected chi connectivity index (χ3v) is 7.12. The van der Waals surface area contributed by atoms with Gasteiger partial charge in [0.1, 0.15) is 5.82 Å². The van der Waals surface area contributed by atoms with Crippen molar-refractivity contribution in [3.05, 3.63) is 71.0 Å². The average Bonchev–Trinajstić information content (AvgIpc) is 2.72. The second-order valence-electron chi connectivity index (χ2n) is 11.0. The molecule has 0 bridgehead atoms.